The molecule has 0 saturated carbocycles. The van der Waals surface area contributed by atoms with E-state index in [9.17, 15) is 0 Å². The Hall–Kier alpha value is -2.22. The van der Waals surface area contributed by atoms with Gasteiger partial charge in [-0.3, -0.25) is 0 Å². The van der Waals surface area contributed by atoms with Crippen molar-refractivity contribution in [3.05, 3.63) is 60.3 Å². The second-order valence-corrected chi connectivity index (χ2v) is 5.00. The van der Waals surface area contributed by atoms with Crippen molar-refractivity contribution < 1.29 is 0 Å². The maximum atomic E-state index is 4.76. The molecular weight excluding hydrogens is 232 g/mol. The van der Waals surface area contributed by atoms with Crippen LogP contribution in [0.4, 0.5) is 0 Å². The van der Waals surface area contributed by atoms with Gasteiger partial charge in [0, 0.05) is 17.1 Å². The molecule has 1 aromatic carbocycles. The van der Waals surface area contributed by atoms with Crippen LogP contribution >= 0.6 is 0 Å². The lowest BCUT2D eigenvalue weighted by molar-refractivity contribution is 0.864. The van der Waals surface area contributed by atoms with Crippen LogP contribution < -0.4 is 0 Å². The van der Waals surface area contributed by atoms with Crippen molar-refractivity contribution >= 4 is 11.0 Å². The monoisotopic (exact) mass is 248 g/mol. The summed E-state index contributed by atoms with van der Waals surface area (Å²) < 4.78 is 0. The summed E-state index contributed by atoms with van der Waals surface area (Å²) in [5.41, 5.74) is 4.28. The van der Waals surface area contributed by atoms with Gasteiger partial charge in [0.25, 0.3) is 0 Å². The maximum Gasteiger partial charge on any atom is 0.159 e. The molecule has 0 atom stereocenters. The van der Waals surface area contributed by atoms with Gasteiger partial charge in [0.2, 0.25) is 0 Å². The van der Waals surface area contributed by atoms with Gasteiger partial charge in [-0.15, -0.1) is 0 Å². The van der Waals surface area contributed by atoms with E-state index in [0.717, 1.165) is 22.3 Å². The zero-order valence-corrected chi connectivity index (χ0v) is 11.2. The molecule has 0 fully saturated rings. The van der Waals surface area contributed by atoms with Crippen LogP contribution in [0.1, 0.15) is 25.3 Å². The highest BCUT2D eigenvalue weighted by Crippen LogP contribution is 2.29. The van der Waals surface area contributed by atoms with Crippen molar-refractivity contribution in [1.82, 2.24) is 9.97 Å². The van der Waals surface area contributed by atoms with Gasteiger partial charge in [-0.05, 0) is 29.7 Å². The molecule has 3 aromatic rings. The van der Waals surface area contributed by atoms with Crippen LogP contribution in [0.25, 0.3) is 22.3 Å². The first kappa shape index (κ1) is 11.8. The van der Waals surface area contributed by atoms with E-state index in [0.29, 0.717) is 5.92 Å². The van der Waals surface area contributed by atoms with E-state index < -0.39 is 0 Å². The van der Waals surface area contributed by atoms with Crippen LogP contribution in [0.3, 0.4) is 0 Å². The fourth-order valence-corrected chi connectivity index (χ4v) is 2.29. The Balaban J connectivity index is 2.30. The largest absolute Gasteiger partial charge is 0.237 e. The lowest BCUT2D eigenvalue weighted by Crippen LogP contribution is -1.97. The molecule has 0 bridgehead atoms. The van der Waals surface area contributed by atoms with Gasteiger partial charge >= 0.3 is 0 Å². The second kappa shape index (κ2) is 4.81. The maximum absolute atomic E-state index is 4.76. The third-order valence-corrected chi connectivity index (χ3v) is 3.29. The van der Waals surface area contributed by atoms with E-state index >= 15 is 0 Å². The first-order valence-corrected chi connectivity index (χ1v) is 6.57. The van der Waals surface area contributed by atoms with Crippen molar-refractivity contribution in [2.75, 3.05) is 0 Å². The molecule has 0 spiro atoms. The number of benzene rings is 1. The molecule has 0 radical (unpaired) electrons. The van der Waals surface area contributed by atoms with Gasteiger partial charge in [-0.1, -0.05) is 44.2 Å². The highest BCUT2D eigenvalue weighted by Gasteiger charge is 2.12. The summed E-state index contributed by atoms with van der Waals surface area (Å²) in [5.74, 6) is 0.437. The first-order chi connectivity index (χ1) is 9.25. The Kier molecular flexibility index (Phi) is 3.00. The highest BCUT2D eigenvalue weighted by molar-refractivity contribution is 5.80. The van der Waals surface area contributed by atoms with Crippen molar-refractivity contribution in [3.8, 4) is 11.3 Å². The van der Waals surface area contributed by atoms with Crippen molar-refractivity contribution in [2.45, 2.75) is 19.8 Å². The lowest BCUT2D eigenvalue weighted by Gasteiger charge is -2.13. The van der Waals surface area contributed by atoms with Crippen molar-refractivity contribution in [2.24, 2.45) is 0 Å². The second-order valence-electron chi connectivity index (χ2n) is 5.00. The molecule has 19 heavy (non-hydrogen) atoms. The molecular formula is C17H16N2. The topological polar surface area (TPSA) is 25.8 Å². The van der Waals surface area contributed by atoms with Crippen LogP contribution in [0.15, 0.2) is 54.7 Å². The molecule has 2 aromatic heterocycles. The van der Waals surface area contributed by atoms with E-state index in [4.69, 9.17) is 4.98 Å². The SMILES string of the molecule is CC(C)c1cc2cccnc2nc1-c1ccccc1. The van der Waals surface area contributed by atoms with E-state index in [1.165, 1.54) is 5.56 Å². The Bertz CT molecular complexity index is 703. The average Bonchev–Trinajstić information content (AvgIpc) is 2.46. The predicted molar refractivity (Wildman–Crippen MR) is 79.1 cm³/mol. The number of pyridine rings is 2. The lowest BCUT2D eigenvalue weighted by atomic mass is 9.96. The molecule has 2 nitrogen and oxygen atoms in total. The third-order valence-electron chi connectivity index (χ3n) is 3.29. The molecule has 2 heterocycles. The number of hydrogen-bond donors (Lipinski definition) is 0. The van der Waals surface area contributed by atoms with Gasteiger partial charge in [0.05, 0.1) is 5.69 Å². The third kappa shape index (κ3) is 2.22. The summed E-state index contributed by atoms with van der Waals surface area (Å²) in [4.78, 5) is 9.11. The van der Waals surface area contributed by atoms with Gasteiger partial charge < -0.3 is 0 Å². The minimum absolute atomic E-state index is 0.437. The van der Waals surface area contributed by atoms with Crippen molar-refractivity contribution in [3.63, 3.8) is 0 Å². The van der Waals surface area contributed by atoms with E-state index in [-0.39, 0.29) is 0 Å². The first-order valence-electron chi connectivity index (χ1n) is 6.57. The zero-order chi connectivity index (χ0) is 13.2. The van der Waals surface area contributed by atoms with Crippen LogP contribution in [-0.4, -0.2) is 9.97 Å². The Morgan fingerprint density at radius 3 is 2.47 bits per heavy atom. The fourth-order valence-electron chi connectivity index (χ4n) is 2.29. The van der Waals surface area contributed by atoms with Crippen LogP contribution in [0.5, 0.6) is 0 Å². The summed E-state index contributed by atoms with van der Waals surface area (Å²) >= 11 is 0. The number of rotatable bonds is 2. The van der Waals surface area contributed by atoms with Crippen LogP contribution in [0, 0.1) is 0 Å². The van der Waals surface area contributed by atoms with Gasteiger partial charge in [-0.2, -0.15) is 0 Å². The van der Waals surface area contributed by atoms with Gasteiger partial charge in [0.15, 0.2) is 5.65 Å². The highest BCUT2D eigenvalue weighted by atomic mass is 14.8. The quantitative estimate of drug-likeness (QED) is 0.671. The number of aromatic nitrogens is 2. The normalized spacial score (nSPS) is 11.1. The van der Waals surface area contributed by atoms with E-state index in [1.807, 2.05) is 24.3 Å². The number of hydrogen-bond acceptors (Lipinski definition) is 2. The summed E-state index contributed by atoms with van der Waals surface area (Å²) in [5, 5.41) is 1.10. The van der Waals surface area contributed by atoms with Crippen molar-refractivity contribution in [1.29, 1.82) is 0 Å². The molecule has 0 aliphatic rings. The summed E-state index contributed by atoms with van der Waals surface area (Å²) in [6, 6.07) is 16.5. The minimum atomic E-state index is 0.437. The van der Waals surface area contributed by atoms with Crippen LogP contribution in [-0.2, 0) is 0 Å². The fraction of sp³-hybridized carbons (Fsp3) is 0.176. The zero-order valence-electron chi connectivity index (χ0n) is 11.2. The minimum Gasteiger partial charge on any atom is -0.237 e. The molecule has 0 amide bonds. The molecule has 3 rings (SSSR count). The Morgan fingerprint density at radius 2 is 1.74 bits per heavy atom. The standard InChI is InChI=1S/C17H16N2/c1-12(2)15-11-14-9-6-10-18-17(14)19-16(15)13-7-4-3-5-8-13/h3-12H,1-2H3. The number of nitrogens with zero attached hydrogens (tertiary/aromatic N) is 2. The molecule has 0 aliphatic carbocycles. The van der Waals surface area contributed by atoms with Gasteiger partial charge in [-0.25, -0.2) is 9.97 Å². The Morgan fingerprint density at radius 1 is 0.947 bits per heavy atom. The van der Waals surface area contributed by atoms with Gasteiger partial charge in [0.1, 0.15) is 0 Å². The molecule has 2 heteroatoms. The smallest absolute Gasteiger partial charge is 0.159 e. The molecule has 94 valence electrons. The summed E-state index contributed by atoms with van der Waals surface area (Å²) in [6.07, 6.45) is 1.79. The summed E-state index contributed by atoms with van der Waals surface area (Å²) in [7, 11) is 0. The molecule has 0 N–H and O–H groups in total. The number of fused-ring (bicyclic) bond motifs is 1. The molecule has 0 aliphatic heterocycles. The van der Waals surface area contributed by atoms with E-state index in [1.54, 1.807) is 6.20 Å². The molecule has 0 saturated heterocycles. The average molecular weight is 248 g/mol. The molecule has 0 unspecified atom stereocenters. The van der Waals surface area contributed by atoms with E-state index in [2.05, 4.69) is 43.1 Å². The summed E-state index contributed by atoms with van der Waals surface area (Å²) in [6.45, 7) is 4.40. The van der Waals surface area contributed by atoms with Crippen LogP contribution in [0.2, 0.25) is 0 Å². The Labute approximate surface area is 113 Å². The predicted octanol–water partition coefficient (Wildman–Crippen LogP) is 4.42.